The van der Waals surface area contributed by atoms with Gasteiger partial charge in [0.05, 0.1) is 5.41 Å². The van der Waals surface area contributed by atoms with Gasteiger partial charge >= 0.3 is 6.09 Å². The number of carbonyl (C=O) groups is 2. The van der Waals surface area contributed by atoms with Gasteiger partial charge in [-0.1, -0.05) is 54.4 Å². The first-order valence-electron chi connectivity index (χ1n) is 12.5. The summed E-state index contributed by atoms with van der Waals surface area (Å²) in [5.74, 6) is -0.0840. The van der Waals surface area contributed by atoms with E-state index in [2.05, 4.69) is 31.2 Å². The molecule has 4 nitrogen and oxygen atoms in total. The largest absolute Gasteiger partial charge is 0.443 e. The number of hydrogen-bond acceptors (Lipinski definition) is 3. The number of halogens is 2. The van der Waals surface area contributed by atoms with Gasteiger partial charge in [-0.25, -0.2) is 9.69 Å². The average Bonchev–Trinajstić information content (AvgIpc) is 3.00. The molecule has 0 spiro atoms. The van der Waals surface area contributed by atoms with E-state index in [4.69, 9.17) is 27.9 Å². The Morgan fingerprint density at radius 3 is 2.37 bits per heavy atom. The third-order valence-electron chi connectivity index (χ3n) is 7.96. The summed E-state index contributed by atoms with van der Waals surface area (Å²) in [6.45, 7) is 11.6. The maximum atomic E-state index is 14.0. The fourth-order valence-electron chi connectivity index (χ4n) is 6.48. The van der Waals surface area contributed by atoms with Crippen LogP contribution >= 0.6 is 23.2 Å². The van der Waals surface area contributed by atoms with E-state index in [0.29, 0.717) is 17.9 Å². The highest BCUT2D eigenvalue weighted by atomic mass is 35.5. The number of fused-ring (bicyclic) bond motifs is 1. The normalized spacial score (nSPS) is 28.7. The Hall–Kier alpha value is -2.04. The van der Waals surface area contributed by atoms with Crippen LogP contribution in [0, 0.1) is 18.3 Å². The van der Waals surface area contributed by atoms with E-state index in [0.717, 1.165) is 28.1 Å². The smallest absolute Gasteiger partial charge is 0.417 e. The summed E-state index contributed by atoms with van der Waals surface area (Å²) in [6.07, 6.45) is 1.62. The number of imide groups is 1. The number of carbonyl (C=O) groups excluding carboxylic acids is 2. The van der Waals surface area contributed by atoms with E-state index in [9.17, 15) is 9.59 Å². The summed E-state index contributed by atoms with van der Waals surface area (Å²) < 4.78 is 5.69. The molecule has 0 bridgehead atoms. The predicted octanol–water partition coefficient (Wildman–Crippen LogP) is 8.14. The van der Waals surface area contributed by atoms with Gasteiger partial charge in [-0.05, 0) is 101 Å². The summed E-state index contributed by atoms with van der Waals surface area (Å²) in [5.41, 5.74) is 2.01. The summed E-state index contributed by atoms with van der Waals surface area (Å²) in [7, 11) is 0. The maximum Gasteiger partial charge on any atom is 0.417 e. The summed E-state index contributed by atoms with van der Waals surface area (Å²) in [5, 5.41) is 1.42. The van der Waals surface area contributed by atoms with Crippen molar-refractivity contribution in [3.8, 4) is 0 Å². The number of amides is 2. The number of likely N-dealkylation sites (tertiary alicyclic amines) is 1. The zero-order valence-corrected chi connectivity index (χ0v) is 22.9. The van der Waals surface area contributed by atoms with Gasteiger partial charge in [0.25, 0.3) is 0 Å². The second-order valence-corrected chi connectivity index (χ2v) is 12.0. The molecule has 1 aliphatic heterocycles. The number of nitrogens with zero attached hydrogens (tertiary/aromatic N) is 1. The zero-order chi connectivity index (χ0) is 25.7. The van der Waals surface area contributed by atoms with Crippen molar-refractivity contribution in [3.05, 3.63) is 69.2 Å². The van der Waals surface area contributed by atoms with Crippen LogP contribution in [0.2, 0.25) is 10.0 Å². The van der Waals surface area contributed by atoms with Gasteiger partial charge in [-0.3, -0.25) is 4.79 Å². The molecule has 5 atom stereocenters. The highest BCUT2D eigenvalue weighted by molar-refractivity contribution is 6.31. The second-order valence-electron chi connectivity index (χ2n) is 11.2. The van der Waals surface area contributed by atoms with Gasteiger partial charge in [0.2, 0.25) is 5.91 Å². The van der Waals surface area contributed by atoms with E-state index in [-0.39, 0.29) is 29.7 Å². The molecule has 1 saturated heterocycles. The van der Waals surface area contributed by atoms with Gasteiger partial charge in [0.1, 0.15) is 5.60 Å². The van der Waals surface area contributed by atoms with Crippen molar-refractivity contribution in [2.24, 2.45) is 11.3 Å². The number of ether oxygens (including phenoxy) is 1. The first-order valence-corrected chi connectivity index (χ1v) is 13.2. The van der Waals surface area contributed by atoms with Crippen LogP contribution in [0.4, 0.5) is 4.79 Å². The Labute approximate surface area is 218 Å². The number of hydrogen-bond donors (Lipinski definition) is 0. The molecule has 2 aromatic carbocycles. The van der Waals surface area contributed by atoms with Gasteiger partial charge in [-0.15, -0.1) is 0 Å². The molecule has 1 saturated carbocycles. The Kier molecular flexibility index (Phi) is 7.02. The van der Waals surface area contributed by atoms with Crippen LogP contribution in [-0.2, 0) is 9.53 Å². The Morgan fingerprint density at radius 2 is 1.80 bits per heavy atom. The maximum absolute atomic E-state index is 14.0. The number of benzene rings is 2. The Balaban J connectivity index is 1.86. The van der Waals surface area contributed by atoms with E-state index in [1.165, 1.54) is 4.90 Å². The molecule has 2 aliphatic rings. The van der Waals surface area contributed by atoms with E-state index >= 15 is 0 Å². The molecule has 35 heavy (non-hydrogen) atoms. The fraction of sp³-hybridized carbons (Fsp3) is 0.517. The first kappa shape index (κ1) is 26.0. The van der Waals surface area contributed by atoms with Crippen LogP contribution in [0.5, 0.6) is 0 Å². The van der Waals surface area contributed by atoms with Gasteiger partial charge in [0, 0.05) is 22.0 Å². The minimum atomic E-state index is -0.683. The summed E-state index contributed by atoms with van der Waals surface area (Å²) in [4.78, 5) is 28.6. The topological polar surface area (TPSA) is 46.6 Å². The average molecular weight is 517 g/mol. The van der Waals surface area contributed by atoms with Crippen molar-refractivity contribution in [2.45, 2.75) is 84.3 Å². The molecule has 6 heteroatoms. The molecule has 0 aromatic heterocycles. The molecular formula is C29H35Cl2NO3. The molecule has 0 radical (unpaired) electrons. The van der Waals surface area contributed by atoms with Crippen molar-refractivity contribution >= 4 is 35.2 Å². The van der Waals surface area contributed by atoms with Crippen LogP contribution in [0.15, 0.2) is 42.5 Å². The fourth-order valence-corrected chi connectivity index (χ4v) is 6.98. The summed E-state index contributed by atoms with van der Waals surface area (Å²) >= 11 is 13.0. The minimum absolute atomic E-state index is 0.00689. The predicted molar refractivity (Wildman–Crippen MR) is 141 cm³/mol. The van der Waals surface area contributed by atoms with Crippen molar-refractivity contribution in [1.82, 2.24) is 4.90 Å². The van der Waals surface area contributed by atoms with E-state index in [1.54, 1.807) is 0 Å². The molecule has 4 rings (SSSR count). The molecule has 2 aromatic rings. The third kappa shape index (κ3) is 4.60. The van der Waals surface area contributed by atoms with Crippen molar-refractivity contribution in [2.75, 3.05) is 0 Å². The number of rotatable bonds is 3. The Bertz CT molecular complexity index is 1120. The van der Waals surface area contributed by atoms with E-state index in [1.807, 2.05) is 52.8 Å². The van der Waals surface area contributed by atoms with Crippen LogP contribution in [0.1, 0.15) is 82.4 Å². The second kappa shape index (κ2) is 9.44. The lowest BCUT2D eigenvalue weighted by molar-refractivity contribution is -0.138. The summed E-state index contributed by atoms with van der Waals surface area (Å²) in [6, 6.07) is 13.8. The molecule has 188 valence electrons. The van der Waals surface area contributed by atoms with Crippen LogP contribution in [0.3, 0.4) is 0 Å². The lowest BCUT2D eigenvalue weighted by atomic mass is 9.54. The van der Waals surface area contributed by atoms with Crippen LogP contribution in [0.25, 0.3) is 0 Å². The van der Waals surface area contributed by atoms with Crippen LogP contribution in [-0.4, -0.2) is 28.5 Å². The monoisotopic (exact) mass is 515 g/mol. The molecule has 0 unspecified atom stereocenters. The quantitative estimate of drug-likeness (QED) is 0.414. The Morgan fingerprint density at radius 1 is 1.14 bits per heavy atom. The van der Waals surface area contributed by atoms with Crippen molar-refractivity contribution < 1.29 is 14.3 Å². The molecule has 1 aliphatic carbocycles. The van der Waals surface area contributed by atoms with Crippen molar-refractivity contribution in [3.63, 3.8) is 0 Å². The van der Waals surface area contributed by atoms with Gasteiger partial charge < -0.3 is 4.74 Å². The first-order chi connectivity index (χ1) is 16.4. The third-order valence-corrected chi connectivity index (χ3v) is 8.54. The molecule has 0 N–H and O–H groups in total. The van der Waals surface area contributed by atoms with Gasteiger partial charge in [-0.2, -0.15) is 0 Å². The highest BCUT2D eigenvalue weighted by Crippen LogP contribution is 2.62. The van der Waals surface area contributed by atoms with Crippen molar-refractivity contribution in [1.29, 1.82) is 0 Å². The lowest BCUT2D eigenvalue weighted by Crippen LogP contribution is -2.44. The SMILES string of the molecule is CC[C@@]12CC[C@@H](c3ccc(C)cc3Cl)[C@H](c3ccc(Cl)cc3)[C@@H]1[C@@H](C)N(C(=O)OC(C)(C)C)C2=O. The minimum Gasteiger partial charge on any atom is -0.443 e. The molecule has 2 amide bonds. The molecule has 2 fully saturated rings. The van der Waals surface area contributed by atoms with Gasteiger partial charge in [0.15, 0.2) is 0 Å². The molecular weight excluding hydrogens is 481 g/mol. The van der Waals surface area contributed by atoms with E-state index < -0.39 is 17.1 Å². The number of aryl methyl sites for hydroxylation is 1. The van der Waals surface area contributed by atoms with Crippen LogP contribution < -0.4 is 0 Å². The molecule has 1 heterocycles. The highest BCUT2D eigenvalue weighted by Gasteiger charge is 2.64. The zero-order valence-electron chi connectivity index (χ0n) is 21.4. The lowest BCUT2D eigenvalue weighted by Gasteiger charge is -2.47. The standard InChI is InChI=1S/C29H35Cl2NO3/c1-7-29-15-14-22(21-13-8-17(2)16-23(21)31)24(19-9-11-20(30)12-10-19)25(29)18(3)32(26(29)33)27(34)35-28(4,5)6/h8-13,16,18,22,24-25H,7,14-15H2,1-6H3/t18-,22+,24+,25+,29-/m1/s1.